The fraction of sp³-hybridized carbons (Fsp3) is 0.588. The highest BCUT2D eigenvalue weighted by atomic mass is 16.4. The molecule has 0 saturated carbocycles. The first kappa shape index (κ1) is 15.0. The van der Waals surface area contributed by atoms with Gasteiger partial charge in [0, 0.05) is 0 Å². The maximum atomic E-state index is 11.6. The molecule has 1 atom stereocenters. The van der Waals surface area contributed by atoms with E-state index in [-0.39, 0.29) is 0 Å². The van der Waals surface area contributed by atoms with E-state index in [1.165, 1.54) is 5.56 Å². The first-order valence-corrected chi connectivity index (χ1v) is 7.71. The molecule has 1 aromatic carbocycles. The van der Waals surface area contributed by atoms with Crippen LogP contribution in [0.5, 0.6) is 0 Å². The Balaban J connectivity index is 1.80. The summed E-state index contributed by atoms with van der Waals surface area (Å²) in [6.45, 7) is 3.84. The van der Waals surface area contributed by atoms with Gasteiger partial charge in [0.2, 0.25) is 0 Å². The highest BCUT2D eigenvalue weighted by Gasteiger charge is 2.45. The number of carboxylic acid groups (broad SMARTS) is 1. The van der Waals surface area contributed by atoms with Crippen molar-refractivity contribution in [2.75, 3.05) is 13.1 Å². The summed E-state index contributed by atoms with van der Waals surface area (Å²) in [6.07, 6.45) is 5.81. The second-order valence-corrected chi connectivity index (χ2v) is 5.72. The van der Waals surface area contributed by atoms with E-state index < -0.39 is 11.5 Å². The van der Waals surface area contributed by atoms with Crippen LogP contribution in [0.1, 0.15) is 44.6 Å². The van der Waals surface area contributed by atoms with Crippen LogP contribution in [0, 0.1) is 0 Å². The van der Waals surface area contributed by atoms with E-state index in [0.29, 0.717) is 6.42 Å². The molecule has 20 heavy (non-hydrogen) atoms. The first-order valence-electron chi connectivity index (χ1n) is 7.71. The third-order valence-electron chi connectivity index (χ3n) is 4.59. The van der Waals surface area contributed by atoms with Gasteiger partial charge in [0.05, 0.1) is 0 Å². The van der Waals surface area contributed by atoms with Crippen molar-refractivity contribution in [1.29, 1.82) is 0 Å². The van der Waals surface area contributed by atoms with Gasteiger partial charge in [-0.25, -0.2) is 0 Å². The molecule has 1 N–H and O–H groups in total. The van der Waals surface area contributed by atoms with Crippen molar-refractivity contribution in [2.45, 2.75) is 51.0 Å². The van der Waals surface area contributed by atoms with Crippen molar-refractivity contribution in [1.82, 2.24) is 4.90 Å². The largest absolute Gasteiger partial charge is 0.480 e. The van der Waals surface area contributed by atoms with Crippen LogP contribution in [0.25, 0.3) is 0 Å². The van der Waals surface area contributed by atoms with Crippen LogP contribution >= 0.6 is 0 Å². The quantitative estimate of drug-likeness (QED) is 0.776. The number of benzene rings is 1. The molecule has 0 aromatic heterocycles. The first-order chi connectivity index (χ1) is 9.69. The second-order valence-electron chi connectivity index (χ2n) is 5.72. The Hall–Kier alpha value is -1.35. The minimum Gasteiger partial charge on any atom is -0.480 e. The monoisotopic (exact) mass is 275 g/mol. The molecule has 1 saturated heterocycles. The molecule has 110 valence electrons. The Morgan fingerprint density at radius 1 is 1.30 bits per heavy atom. The molecule has 1 aliphatic heterocycles. The van der Waals surface area contributed by atoms with Crippen molar-refractivity contribution < 1.29 is 9.90 Å². The van der Waals surface area contributed by atoms with E-state index in [1.54, 1.807) is 0 Å². The standard InChI is InChI=1S/C17H25NO2/c1-2-17(16(19)20)12-8-14-18(17)13-7-6-11-15-9-4-3-5-10-15/h3-5,9-10H,2,6-8,11-14H2,1H3,(H,19,20). The molecule has 1 fully saturated rings. The summed E-state index contributed by atoms with van der Waals surface area (Å²) in [4.78, 5) is 13.8. The van der Waals surface area contributed by atoms with Gasteiger partial charge in [0.1, 0.15) is 5.54 Å². The molecule has 0 aliphatic carbocycles. The van der Waals surface area contributed by atoms with E-state index in [4.69, 9.17) is 0 Å². The van der Waals surface area contributed by atoms with Gasteiger partial charge in [0.15, 0.2) is 0 Å². The Bertz CT molecular complexity index is 432. The van der Waals surface area contributed by atoms with Crippen LogP contribution in [0.4, 0.5) is 0 Å². The van der Waals surface area contributed by atoms with Gasteiger partial charge in [-0.1, -0.05) is 37.3 Å². The van der Waals surface area contributed by atoms with Crippen molar-refractivity contribution in [2.24, 2.45) is 0 Å². The maximum absolute atomic E-state index is 11.6. The summed E-state index contributed by atoms with van der Waals surface area (Å²) in [6, 6.07) is 10.5. The summed E-state index contributed by atoms with van der Waals surface area (Å²) in [7, 11) is 0. The van der Waals surface area contributed by atoms with E-state index in [9.17, 15) is 9.90 Å². The predicted molar refractivity (Wildman–Crippen MR) is 80.8 cm³/mol. The van der Waals surface area contributed by atoms with E-state index in [1.807, 2.05) is 13.0 Å². The summed E-state index contributed by atoms with van der Waals surface area (Å²) in [5.41, 5.74) is 0.779. The number of aliphatic carboxylic acids is 1. The van der Waals surface area contributed by atoms with Gasteiger partial charge in [-0.05, 0) is 57.2 Å². The smallest absolute Gasteiger partial charge is 0.324 e. The van der Waals surface area contributed by atoms with Gasteiger partial charge in [-0.2, -0.15) is 0 Å². The summed E-state index contributed by atoms with van der Waals surface area (Å²) in [5, 5.41) is 9.53. The van der Waals surface area contributed by atoms with Crippen molar-refractivity contribution in [3.05, 3.63) is 35.9 Å². The molecule has 3 heteroatoms. The van der Waals surface area contributed by atoms with Crippen LogP contribution in [-0.2, 0) is 11.2 Å². The number of likely N-dealkylation sites (tertiary alicyclic amines) is 1. The zero-order valence-corrected chi connectivity index (χ0v) is 12.3. The highest BCUT2D eigenvalue weighted by Crippen LogP contribution is 2.32. The summed E-state index contributed by atoms with van der Waals surface area (Å²) in [5.74, 6) is -0.638. The summed E-state index contributed by atoms with van der Waals surface area (Å²) < 4.78 is 0. The maximum Gasteiger partial charge on any atom is 0.324 e. The highest BCUT2D eigenvalue weighted by molar-refractivity contribution is 5.79. The number of rotatable bonds is 7. The van der Waals surface area contributed by atoms with Crippen LogP contribution in [-0.4, -0.2) is 34.6 Å². The number of hydrogen-bond acceptors (Lipinski definition) is 2. The van der Waals surface area contributed by atoms with E-state index >= 15 is 0 Å². The fourth-order valence-electron chi connectivity index (χ4n) is 3.33. The van der Waals surface area contributed by atoms with E-state index in [0.717, 1.165) is 45.2 Å². The summed E-state index contributed by atoms with van der Waals surface area (Å²) >= 11 is 0. The minimum absolute atomic E-state index is 0.591. The molecule has 0 spiro atoms. The number of nitrogens with zero attached hydrogens (tertiary/aromatic N) is 1. The Labute approximate surface area is 121 Å². The molecule has 2 rings (SSSR count). The molecule has 1 unspecified atom stereocenters. The van der Waals surface area contributed by atoms with Gasteiger partial charge in [-0.15, -0.1) is 0 Å². The van der Waals surface area contributed by atoms with Crippen LogP contribution in [0.15, 0.2) is 30.3 Å². The lowest BCUT2D eigenvalue weighted by atomic mass is 9.93. The molecular weight excluding hydrogens is 250 g/mol. The molecule has 0 bridgehead atoms. The lowest BCUT2D eigenvalue weighted by Crippen LogP contribution is -2.50. The molecule has 1 heterocycles. The molecule has 0 amide bonds. The number of unbranched alkanes of at least 4 members (excludes halogenated alkanes) is 1. The SMILES string of the molecule is CCC1(C(=O)O)CCCN1CCCCc1ccccc1. The van der Waals surface area contributed by atoms with E-state index in [2.05, 4.69) is 29.2 Å². The molecule has 3 nitrogen and oxygen atoms in total. The Kier molecular flexibility index (Phi) is 5.18. The zero-order chi connectivity index (χ0) is 14.4. The topological polar surface area (TPSA) is 40.5 Å². The average molecular weight is 275 g/mol. The van der Waals surface area contributed by atoms with Crippen LogP contribution in [0.3, 0.4) is 0 Å². The molecule has 1 aromatic rings. The third kappa shape index (κ3) is 3.21. The van der Waals surface area contributed by atoms with Crippen LogP contribution in [0.2, 0.25) is 0 Å². The lowest BCUT2D eigenvalue weighted by Gasteiger charge is -2.33. The van der Waals surface area contributed by atoms with Crippen LogP contribution < -0.4 is 0 Å². The normalized spacial score (nSPS) is 23.1. The lowest BCUT2D eigenvalue weighted by molar-refractivity contribution is -0.150. The molecule has 0 radical (unpaired) electrons. The third-order valence-corrected chi connectivity index (χ3v) is 4.59. The van der Waals surface area contributed by atoms with Gasteiger partial charge in [0.25, 0.3) is 0 Å². The zero-order valence-electron chi connectivity index (χ0n) is 12.3. The van der Waals surface area contributed by atoms with Crippen molar-refractivity contribution in [3.8, 4) is 0 Å². The second kappa shape index (κ2) is 6.89. The van der Waals surface area contributed by atoms with Crippen molar-refractivity contribution >= 4 is 5.97 Å². The number of aryl methyl sites for hydroxylation is 1. The predicted octanol–water partition coefficient (Wildman–Crippen LogP) is 3.34. The Morgan fingerprint density at radius 3 is 2.70 bits per heavy atom. The van der Waals surface area contributed by atoms with Gasteiger partial charge >= 0.3 is 5.97 Å². The van der Waals surface area contributed by atoms with Gasteiger partial charge < -0.3 is 5.11 Å². The average Bonchev–Trinajstić information content (AvgIpc) is 2.89. The number of carbonyl (C=O) groups is 1. The molecular formula is C17H25NO2. The minimum atomic E-state index is -0.638. The fourth-order valence-corrected chi connectivity index (χ4v) is 3.33. The Morgan fingerprint density at radius 2 is 2.05 bits per heavy atom. The van der Waals surface area contributed by atoms with Gasteiger partial charge in [-0.3, -0.25) is 9.69 Å². The molecule has 1 aliphatic rings. The number of hydrogen-bond donors (Lipinski definition) is 1. The van der Waals surface area contributed by atoms with Crippen molar-refractivity contribution in [3.63, 3.8) is 0 Å². The number of carboxylic acids is 1.